The molecular formula is C21H18O2. The van der Waals surface area contributed by atoms with Crippen molar-refractivity contribution in [2.24, 2.45) is 0 Å². The van der Waals surface area contributed by atoms with Gasteiger partial charge in [-0.05, 0) is 47.4 Å². The zero-order valence-electron chi connectivity index (χ0n) is 12.8. The molecule has 0 aliphatic heterocycles. The summed E-state index contributed by atoms with van der Waals surface area (Å²) < 4.78 is 5.81. The lowest BCUT2D eigenvalue weighted by molar-refractivity contribution is -0.107. The summed E-state index contributed by atoms with van der Waals surface area (Å²) in [6.45, 7) is 0. The number of carbonyl (C=O) groups excluding carboxylic acids is 1. The minimum atomic E-state index is 0.563. The third-order valence-corrected chi connectivity index (χ3v) is 3.64. The molecule has 0 heterocycles. The van der Waals surface area contributed by atoms with Gasteiger partial charge >= 0.3 is 0 Å². The molecule has 114 valence electrons. The van der Waals surface area contributed by atoms with Crippen LogP contribution in [0.5, 0.6) is 11.5 Å². The molecule has 0 saturated carbocycles. The van der Waals surface area contributed by atoms with E-state index in [9.17, 15) is 4.79 Å². The number of ether oxygens (including phenoxy) is 1. The van der Waals surface area contributed by atoms with Crippen molar-refractivity contribution < 1.29 is 9.53 Å². The average molecular weight is 302 g/mol. The summed E-state index contributed by atoms with van der Waals surface area (Å²) in [4.78, 5) is 10.5. The van der Waals surface area contributed by atoms with Gasteiger partial charge in [0.15, 0.2) is 0 Å². The highest BCUT2D eigenvalue weighted by atomic mass is 16.5. The van der Waals surface area contributed by atoms with Gasteiger partial charge in [-0.1, -0.05) is 54.6 Å². The first-order chi connectivity index (χ1) is 11.3. The maximum absolute atomic E-state index is 10.5. The Morgan fingerprint density at radius 1 is 0.739 bits per heavy atom. The summed E-state index contributed by atoms with van der Waals surface area (Å²) in [7, 11) is 0. The molecule has 0 spiro atoms. The standard InChI is InChI=1S/C21H18O2/c22-15-5-7-17-6-4-8-19(16-17)18-11-13-21(14-12-18)23-20-9-2-1-3-10-20/h1-4,6,8-16H,5,7H2. The lowest BCUT2D eigenvalue weighted by atomic mass is 10.0. The Morgan fingerprint density at radius 3 is 2.22 bits per heavy atom. The second-order valence-corrected chi connectivity index (χ2v) is 5.35. The molecular weight excluding hydrogens is 284 g/mol. The number of hydrogen-bond donors (Lipinski definition) is 0. The van der Waals surface area contributed by atoms with E-state index >= 15 is 0 Å². The summed E-state index contributed by atoms with van der Waals surface area (Å²) in [5.41, 5.74) is 3.47. The summed E-state index contributed by atoms with van der Waals surface area (Å²) in [6, 6.07) is 26.1. The third kappa shape index (κ3) is 4.07. The van der Waals surface area contributed by atoms with Crippen molar-refractivity contribution in [2.75, 3.05) is 0 Å². The molecule has 0 atom stereocenters. The Bertz CT molecular complexity index is 761. The van der Waals surface area contributed by atoms with E-state index in [1.807, 2.05) is 48.5 Å². The second kappa shape index (κ2) is 7.41. The molecule has 0 N–H and O–H groups in total. The molecule has 0 fully saturated rings. The van der Waals surface area contributed by atoms with E-state index < -0.39 is 0 Å². The highest BCUT2D eigenvalue weighted by Crippen LogP contribution is 2.26. The summed E-state index contributed by atoms with van der Waals surface area (Å²) in [5, 5.41) is 0. The van der Waals surface area contributed by atoms with Gasteiger partial charge in [0.2, 0.25) is 0 Å². The number of carbonyl (C=O) groups is 1. The molecule has 3 aromatic rings. The highest BCUT2D eigenvalue weighted by molar-refractivity contribution is 5.65. The first kappa shape index (κ1) is 15.0. The lowest BCUT2D eigenvalue weighted by Crippen LogP contribution is -1.88. The van der Waals surface area contributed by atoms with Gasteiger partial charge in [-0.3, -0.25) is 0 Å². The van der Waals surface area contributed by atoms with Crippen LogP contribution in [-0.2, 0) is 11.2 Å². The Kier molecular flexibility index (Phi) is 4.85. The van der Waals surface area contributed by atoms with Gasteiger partial charge in [-0.15, -0.1) is 0 Å². The number of hydrogen-bond acceptors (Lipinski definition) is 2. The number of aldehydes is 1. The first-order valence-corrected chi connectivity index (χ1v) is 7.71. The molecule has 0 aliphatic carbocycles. The zero-order valence-corrected chi connectivity index (χ0v) is 12.8. The predicted octanol–water partition coefficient (Wildman–Crippen LogP) is 5.28. The Hall–Kier alpha value is -2.87. The lowest BCUT2D eigenvalue weighted by Gasteiger charge is -2.08. The Balaban J connectivity index is 1.75. The van der Waals surface area contributed by atoms with Gasteiger partial charge in [0.05, 0.1) is 0 Å². The second-order valence-electron chi connectivity index (χ2n) is 5.35. The van der Waals surface area contributed by atoms with E-state index in [1.165, 1.54) is 5.56 Å². The molecule has 0 bridgehead atoms. The van der Waals surface area contributed by atoms with Crippen LogP contribution in [-0.4, -0.2) is 6.29 Å². The van der Waals surface area contributed by atoms with Crippen molar-refractivity contribution in [1.29, 1.82) is 0 Å². The fraction of sp³-hybridized carbons (Fsp3) is 0.0952. The van der Waals surface area contributed by atoms with Crippen molar-refractivity contribution in [3.8, 4) is 22.6 Å². The van der Waals surface area contributed by atoms with Gasteiger partial charge in [-0.25, -0.2) is 0 Å². The number of rotatable bonds is 6. The van der Waals surface area contributed by atoms with Crippen LogP contribution in [0.4, 0.5) is 0 Å². The van der Waals surface area contributed by atoms with Gasteiger partial charge in [0.25, 0.3) is 0 Å². The van der Waals surface area contributed by atoms with Crippen molar-refractivity contribution in [3.05, 3.63) is 84.4 Å². The monoisotopic (exact) mass is 302 g/mol. The van der Waals surface area contributed by atoms with Crippen LogP contribution < -0.4 is 4.74 Å². The number of para-hydroxylation sites is 1. The van der Waals surface area contributed by atoms with Gasteiger partial charge in [0.1, 0.15) is 17.8 Å². The van der Waals surface area contributed by atoms with Crippen molar-refractivity contribution in [1.82, 2.24) is 0 Å². The molecule has 2 nitrogen and oxygen atoms in total. The van der Waals surface area contributed by atoms with E-state index in [1.54, 1.807) is 0 Å². The normalized spacial score (nSPS) is 10.3. The quantitative estimate of drug-likeness (QED) is 0.579. The Morgan fingerprint density at radius 2 is 1.48 bits per heavy atom. The number of benzene rings is 3. The minimum Gasteiger partial charge on any atom is -0.457 e. The third-order valence-electron chi connectivity index (χ3n) is 3.64. The van der Waals surface area contributed by atoms with E-state index in [4.69, 9.17) is 4.74 Å². The zero-order chi connectivity index (χ0) is 15.9. The summed E-state index contributed by atoms with van der Waals surface area (Å²) in [6.07, 6.45) is 2.31. The molecule has 2 heteroatoms. The molecule has 0 aromatic heterocycles. The SMILES string of the molecule is O=CCCc1cccc(-c2ccc(Oc3ccccc3)cc2)c1. The average Bonchev–Trinajstić information content (AvgIpc) is 2.62. The van der Waals surface area contributed by atoms with Gasteiger partial charge in [-0.2, -0.15) is 0 Å². The largest absolute Gasteiger partial charge is 0.457 e. The maximum atomic E-state index is 10.5. The highest BCUT2D eigenvalue weighted by Gasteiger charge is 2.01. The van der Waals surface area contributed by atoms with Crippen LogP contribution in [0.15, 0.2) is 78.9 Å². The molecule has 0 unspecified atom stereocenters. The smallest absolute Gasteiger partial charge is 0.127 e. The Labute approximate surface area is 136 Å². The number of aryl methyl sites for hydroxylation is 1. The van der Waals surface area contributed by atoms with Crippen LogP contribution in [0, 0.1) is 0 Å². The van der Waals surface area contributed by atoms with Crippen LogP contribution in [0.1, 0.15) is 12.0 Å². The van der Waals surface area contributed by atoms with Crippen LogP contribution in [0.3, 0.4) is 0 Å². The van der Waals surface area contributed by atoms with Crippen molar-refractivity contribution in [2.45, 2.75) is 12.8 Å². The molecule has 3 rings (SSSR count). The summed E-state index contributed by atoms with van der Waals surface area (Å²) >= 11 is 0. The summed E-state index contributed by atoms with van der Waals surface area (Å²) in [5.74, 6) is 1.65. The van der Waals surface area contributed by atoms with E-state index in [0.717, 1.165) is 35.3 Å². The van der Waals surface area contributed by atoms with E-state index in [2.05, 4.69) is 30.3 Å². The van der Waals surface area contributed by atoms with Crippen molar-refractivity contribution in [3.63, 3.8) is 0 Å². The fourth-order valence-corrected chi connectivity index (χ4v) is 2.47. The fourth-order valence-electron chi connectivity index (χ4n) is 2.47. The maximum Gasteiger partial charge on any atom is 0.127 e. The van der Waals surface area contributed by atoms with E-state index in [0.29, 0.717) is 6.42 Å². The van der Waals surface area contributed by atoms with Crippen LogP contribution in [0.25, 0.3) is 11.1 Å². The van der Waals surface area contributed by atoms with Crippen molar-refractivity contribution >= 4 is 6.29 Å². The molecule has 0 saturated heterocycles. The minimum absolute atomic E-state index is 0.563. The molecule has 0 amide bonds. The molecule has 0 radical (unpaired) electrons. The molecule has 0 aliphatic rings. The first-order valence-electron chi connectivity index (χ1n) is 7.71. The topological polar surface area (TPSA) is 26.3 Å². The van der Waals surface area contributed by atoms with Crippen LogP contribution in [0.2, 0.25) is 0 Å². The molecule has 23 heavy (non-hydrogen) atoms. The van der Waals surface area contributed by atoms with Gasteiger partial charge in [0, 0.05) is 6.42 Å². The molecule has 3 aromatic carbocycles. The predicted molar refractivity (Wildman–Crippen MR) is 92.8 cm³/mol. The van der Waals surface area contributed by atoms with Crippen LogP contribution >= 0.6 is 0 Å². The van der Waals surface area contributed by atoms with Gasteiger partial charge < -0.3 is 9.53 Å². The van der Waals surface area contributed by atoms with E-state index in [-0.39, 0.29) is 0 Å².